The molecule has 12 heteroatoms. The molecule has 7 atom stereocenters. The van der Waals surface area contributed by atoms with Gasteiger partial charge in [-0.1, -0.05) is 6.42 Å². The highest BCUT2D eigenvalue weighted by Crippen LogP contribution is 2.22. The molecule has 11 N–H and O–H groups in total. The van der Waals surface area contributed by atoms with Crippen molar-refractivity contribution < 1.29 is 44.6 Å². The second kappa shape index (κ2) is 12.9. The standard InChI is InChI=1S/C9H17NO7.C6H14N2O2/c1-3(8(13)14)16-7-5(10)9(15)17-4(2-11)6(7)12;7-4-2-1-3-5(8)6(9)10/h3-7,9,11-12,15H,2,10H2,1H3,(H,13,14);5H,1-4,7-8H2,(H,9,10)/t3-,4-,5-,6-,7-,9+;/m1./s1. The van der Waals surface area contributed by atoms with E-state index in [1.807, 2.05) is 0 Å². The van der Waals surface area contributed by atoms with Crippen LogP contribution in [0, 0.1) is 0 Å². The molecule has 0 aromatic carbocycles. The van der Waals surface area contributed by atoms with Crippen LogP contribution in [0.2, 0.25) is 0 Å². The first-order chi connectivity index (χ1) is 12.6. The van der Waals surface area contributed by atoms with Gasteiger partial charge in [0, 0.05) is 0 Å². The average Bonchev–Trinajstić information content (AvgIpc) is 2.61. The van der Waals surface area contributed by atoms with Crippen molar-refractivity contribution in [2.75, 3.05) is 13.2 Å². The van der Waals surface area contributed by atoms with Gasteiger partial charge in [-0.2, -0.15) is 0 Å². The molecule has 1 aliphatic rings. The van der Waals surface area contributed by atoms with Crippen LogP contribution in [0.15, 0.2) is 0 Å². The van der Waals surface area contributed by atoms with Crippen LogP contribution in [0.1, 0.15) is 26.2 Å². The molecule has 0 amide bonds. The number of ether oxygens (including phenoxy) is 2. The van der Waals surface area contributed by atoms with E-state index in [4.69, 9.17) is 42.0 Å². The number of aliphatic hydroxyl groups excluding tert-OH is 3. The molecule has 0 spiro atoms. The van der Waals surface area contributed by atoms with Gasteiger partial charge >= 0.3 is 11.9 Å². The van der Waals surface area contributed by atoms with Crippen LogP contribution in [-0.2, 0) is 19.1 Å². The van der Waals surface area contributed by atoms with Gasteiger partial charge in [-0.25, -0.2) is 4.79 Å². The summed E-state index contributed by atoms with van der Waals surface area (Å²) in [6.07, 6.45) is -3.94. The van der Waals surface area contributed by atoms with Crippen molar-refractivity contribution in [2.24, 2.45) is 17.2 Å². The lowest BCUT2D eigenvalue weighted by molar-refractivity contribution is -0.262. The predicted octanol–water partition coefficient (Wildman–Crippen LogP) is -3.23. The van der Waals surface area contributed by atoms with Crippen molar-refractivity contribution in [3.8, 4) is 0 Å². The molecule has 0 aromatic rings. The Hall–Kier alpha value is -1.38. The Kier molecular flexibility index (Phi) is 12.2. The Labute approximate surface area is 156 Å². The number of aliphatic carboxylic acids is 2. The van der Waals surface area contributed by atoms with Crippen LogP contribution in [-0.4, -0.2) is 93.4 Å². The maximum absolute atomic E-state index is 10.6. The summed E-state index contributed by atoms with van der Waals surface area (Å²) >= 11 is 0. The molecule has 1 unspecified atom stereocenters. The molecule has 160 valence electrons. The summed E-state index contributed by atoms with van der Waals surface area (Å²) in [4.78, 5) is 20.8. The van der Waals surface area contributed by atoms with Gasteiger partial charge in [0.15, 0.2) is 12.4 Å². The van der Waals surface area contributed by atoms with E-state index in [1.54, 1.807) is 0 Å². The minimum absolute atomic E-state index is 0.520. The Morgan fingerprint density at radius 3 is 2.22 bits per heavy atom. The molecule has 1 heterocycles. The van der Waals surface area contributed by atoms with Gasteiger partial charge in [0.05, 0.1) is 12.6 Å². The third-order valence-corrected chi connectivity index (χ3v) is 3.92. The lowest BCUT2D eigenvalue weighted by atomic mass is 9.97. The zero-order valence-corrected chi connectivity index (χ0v) is 15.2. The number of carbonyl (C=O) groups is 2. The van der Waals surface area contributed by atoms with Crippen LogP contribution in [0.25, 0.3) is 0 Å². The van der Waals surface area contributed by atoms with Crippen LogP contribution < -0.4 is 17.2 Å². The van der Waals surface area contributed by atoms with E-state index < -0.39 is 61.3 Å². The van der Waals surface area contributed by atoms with E-state index in [2.05, 4.69) is 0 Å². The summed E-state index contributed by atoms with van der Waals surface area (Å²) < 4.78 is 9.89. The number of carboxylic acids is 2. The van der Waals surface area contributed by atoms with E-state index in [0.717, 1.165) is 12.8 Å². The Morgan fingerprint density at radius 1 is 1.19 bits per heavy atom. The summed E-state index contributed by atoms with van der Waals surface area (Å²) in [5, 5.41) is 45.1. The van der Waals surface area contributed by atoms with Crippen molar-refractivity contribution in [3.05, 3.63) is 0 Å². The molecule has 1 fully saturated rings. The number of nitrogens with two attached hydrogens (primary N) is 3. The van der Waals surface area contributed by atoms with Gasteiger partial charge in [-0.05, 0) is 26.3 Å². The first-order valence-electron chi connectivity index (χ1n) is 8.51. The van der Waals surface area contributed by atoms with E-state index in [9.17, 15) is 19.8 Å². The molecule has 0 radical (unpaired) electrons. The van der Waals surface area contributed by atoms with Gasteiger partial charge in [-0.15, -0.1) is 0 Å². The highest BCUT2D eigenvalue weighted by atomic mass is 16.6. The molecule has 12 nitrogen and oxygen atoms in total. The monoisotopic (exact) mass is 397 g/mol. The maximum atomic E-state index is 10.6. The third kappa shape index (κ3) is 8.90. The molecule has 1 rings (SSSR count). The number of hydrogen-bond acceptors (Lipinski definition) is 10. The van der Waals surface area contributed by atoms with E-state index in [0.29, 0.717) is 13.0 Å². The summed E-state index contributed by atoms with van der Waals surface area (Å²) in [5.41, 5.74) is 16.0. The Morgan fingerprint density at radius 2 is 1.78 bits per heavy atom. The second-order valence-corrected chi connectivity index (χ2v) is 6.13. The number of unbranched alkanes of at least 4 members (excludes halogenated alkanes) is 1. The fourth-order valence-electron chi connectivity index (χ4n) is 2.20. The lowest BCUT2D eigenvalue weighted by Gasteiger charge is -2.41. The lowest BCUT2D eigenvalue weighted by Crippen LogP contribution is -2.63. The van der Waals surface area contributed by atoms with Crippen molar-refractivity contribution in [1.29, 1.82) is 0 Å². The number of carboxylic acid groups (broad SMARTS) is 2. The second-order valence-electron chi connectivity index (χ2n) is 6.13. The highest BCUT2D eigenvalue weighted by Gasteiger charge is 2.44. The number of hydrogen-bond donors (Lipinski definition) is 8. The third-order valence-electron chi connectivity index (χ3n) is 3.92. The van der Waals surface area contributed by atoms with Gasteiger partial charge in [0.1, 0.15) is 24.4 Å². The Bertz CT molecular complexity index is 454. The zero-order chi connectivity index (χ0) is 21.1. The van der Waals surface area contributed by atoms with Crippen molar-refractivity contribution in [2.45, 2.75) is 69.0 Å². The van der Waals surface area contributed by atoms with E-state index >= 15 is 0 Å². The molecule has 0 bridgehead atoms. The van der Waals surface area contributed by atoms with Gasteiger partial charge in [0.25, 0.3) is 0 Å². The normalized spacial score (nSPS) is 30.0. The quantitative estimate of drug-likeness (QED) is 0.179. The van der Waals surface area contributed by atoms with Crippen molar-refractivity contribution in [3.63, 3.8) is 0 Å². The van der Waals surface area contributed by atoms with Gasteiger partial charge < -0.3 is 52.2 Å². The van der Waals surface area contributed by atoms with Gasteiger partial charge in [0.2, 0.25) is 0 Å². The maximum Gasteiger partial charge on any atom is 0.332 e. The summed E-state index contributed by atoms with van der Waals surface area (Å²) in [6, 6.07) is -1.80. The Balaban J connectivity index is 0.000000580. The van der Waals surface area contributed by atoms with E-state index in [-0.39, 0.29) is 0 Å². The topological polar surface area (TPSA) is 232 Å². The largest absolute Gasteiger partial charge is 0.480 e. The minimum atomic E-state index is -1.43. The van der Waals surface area contributed by atoms with Crippen LogP contribution in [0.4, 0.5) is 0 Å². The smallest absolute Gasteiger partial charge is 0.332 e. The number of aliphatic hydroxyl groups is 3. The first-order valence-corrected chi connectivity index (χ1v) is 8.51. The predicted molar refractivity (Wildman–Crippen MR) is 92.4 cm³/mol. The summed E-state index contributed by atoms with van der Waals surface area (Å²) in [6.45, 7) is 1.34. The van der Waals surface area contributed by atoms with Crippen molar-refractivity contribution >= 4 is 11.9 Å². The van der Waals surface area contributed by atoms with Crippen LogP contribution in [0.5, 0.6) is 0 Å². The summed E-state index contributed by atoms with van der Waals surface area (Å²) in [7, 11) is 0. The molecule has 1 saturated heterocycles. The van der Waals surface area contributed by atoms with E-state index in [1.165, 1.54) is 6.92 Å². The molecule has 0 aliphatic carbocycles. The molecule has 0 aromatic heterocycles. The van der Waals surface area contributed by atoms with Gasteiger partial charge in [-0.3, -0.25) is 4.79 Å². The fraction of sp³-hybridized carbons (Fsp3) is 0.867. The molecular weight excluding hydrogens is 366 g/mol. The SMILES string of the molecule is C[C@@H](O[C@@H]1[C@@H](N)[C@@H](O)O[C@H](CO)[C@H]1O)C(=O)O.NCCCCC(N)C(=O)O. The highest BCUT2D eigenvalue weighted by molar-refractivity contribution is 5.73. The minimum Gasteiger partial charge on any atom is -0.480 e. The van der Waals surface area contributed by atoms with Crippen molar-refractivity contribution in [1.82, 2.24) is 0 Å². The average molecular weight is 397 g/mol. The fourth-order valence-corrected chi connectivity index (χ4v) is 2.20. The van der Waals surface area contributed by atoms with Crippen LogP contribution >= 0.6 is 0 Å². The zero-order valence-electron chi connectivity index (χ0n) is 15.2. The molecule has 27 heavy (non-hydrogen) atoms. The first kappa shape index (κ1) is 25.6. The molecule has 1 aliphatic heterocycles. The summed E-state index contributed by atoms with van der Waals surface area (Å²) in [5.74, 6) is -2.15. The molecule has 0 saturated carbocycles. The number of rotatable bonds is 9. The molecular formula is C15H31N3O9. The van der Waals surface area contributed by atoms with Crippen LogP contribution in [0.3, 0.4) is 0 Å².